The number of hydrogen-bond donors (Lipinski definition) is 0. The molecule has 1 fully saturated rings. The predicted octanol–water partition coefficient (Wildman–Crippen LogP) is 5.76. The number of furan rings is 1. The monoisotopic (exact) mass is 494 g/mol. The molecule has 1 saturated heterocycles. The summed E-state index contributed by atoms with van der Waals surface area (Å²) >= 11 is 1.27. The van der Waals surface area contributed by atoms with E-state index in [9.17, 15) is 4.79 Å². The summed E-state index contributed by atoms with van der Waals surface area (Å²) in [6, 6.07) is 24.9. The van der Waals surface area contributed by atoms with Gasteiger partial charge in [0.25, 0.3) is 5.91 Å². The Bertz CT molecular complexity index is 1400. The van der Waals surface area contributed by atoms with E-state index in [0.717, 1.165) is 22.4 Å². The van der Waals surface area contributed by atoms with E-state index in [1.165, 1.54) is 11.8 Å². The third kappa shape index (κ3) is 5.97. The van der Waals surface area contributed by atoms with E-state index in [1.54, 1.807) is 35.8 Å². The molecule has 36 heavy (non-hydrogen) atoms. The minimum absolute atomic E-state index is 0.165. The Balaban J connectivity index is 1.36. The zero-order valence-corrected chi connectivity index (χ0v) is 20.0. The van der Waals surface area contributed by atoms with Gasteiger partial charge in [-0.3, -0.25) is 14.7 Å². The number of pyridine rings is 1. The number of hydrogen-bond acceptors (Lipinski definition) is 7. The molecule has 1 aliphatic rings. The Kier molecular flexibility index (Phi) is 7.34. The number of rotatable bonds is 8. The molecule has 0 N–H and O–H groups in total. The van der Waals surface area contributed by atoms with Crippen LogP contribution >= 0.6 is 11.8 Å². The molecule has 0 bridgehead atoms. The number of nitrogens with zero attached hydrogens (tertiary/aromatic N) is 4. The van der Waals surface area contributed by atoms with Gasteiger partial charge < -0.3 is 9.15 Å². The first kappa shape index (κ1) is 23.3. The minimum Gasteiger partial charge on any atom is -0.489 e. The minimum atomic E-state index is -0.165. The van der Waals surface area contributed by atoms with Crippen molar-refractivity contribution in [1.82, 2.24) is 9.88 Å². The van der Waals surface area contributed by atoms with Crippen LogP contribution in [0, 0.1) is 0 Å². The lowest BCUT2D eigenvalue weighted by atomic mass is 10.2. The number of amides is 1. The molecule has 0 atom stereocenters. The third-order valence-electron chi connectivity index (χ3n) is 5.22. The molecule has 5 rings (SSSR count). The van der Waals surface area contributed by atoms with Gasteiger partial charge in [0.1, 0.15) is 18.1 Å². The Hall–Kier alpha value is -4.43. The highest BCUT2D eigenvalue weighted by atomic mass is 32.2. The summed E-state index contributed by atoms with van der Waals surface area (Å²) in [5.41, 5.74) is 2.76. The van der Waals surface area contributed by atoms with Crippen molar-refractivity contribution >= 4 is 35.1 Å². The lowest BCUT2D eigenvalue weighted by Crippen LogP contribution is -2.28. The molecule has 178 valence electrons. The fourth-order valence-corrected chi connectivity index (χ4v) is 4.40. The number of carbonyl (C=O) groups is 1. The Morgan fingerprint density at radius 1 is 1.00 bits per heavy atom. The van der Waals surface area contributed by atoms with Crippen molar-refractivity contribution in [3.05, 3.63) is 125 Å². The van der Waals surface area contributed by atoms with Crippen LogP contribution in [0.15, 0.2) is 117 Å². The summed E-state index contributed by atoms with van der Waals surface area (Å²) in [5.74, 6) is 1.22. The molecule has 0 radical (unpaired) electrons. The summed E-state index contributed by atoms with van der Waals surface area (Å²) in [7, 11) is 0. The maximum Gasteiger partial charge on any atom is 0.267 e. The molecule has 8 heteroatoms. The van der Waals surface area contributed by atoms with Crippen LogP contribution in [0.5, 0.6) is 5.75 Å². The van der Waals surface area contributed by atoms with Gasteiger partial charge in [-0.1, -0.05) is 48.5 Å². The van der Waals surface area contributed by atoms with Crippen LogP contribution < -0.4 is 4.74 Å². The zero-order valence-electron chi connectivity index (χ0n) is 19.2. The average molecular weight is 495 g/mol. The van der Waals surface area contributed by atoms with Gasteiger partial charge in [0.05, 0.1) is 23.9 Å². The van der Waals surface area contributed by atoms with Gasteiger partial charge in [0, 0.05) is 18.0 Å². The Labute approximate surface area is 212 Å². The summed E-state index contributed by atoms with van der Waals surface area (Å²) in [6.07, 6.45) is 8.41. The highest BCUT2D eigenvalue weighted by Crippen LogP contribution is 2.34. The summed E-state index contributed by atoms with van der Waals surface area (Å²) in [4.78, 5) is 19.5. The second kappa shape index (κ2) is 11.3. The molecule has 0 saturated carbocycles. The molecular weight excluding hydrogens is 472 g/mol. The lowest BCUT2D eigenvalue weighted by molar-refractivity contribution is -0.122. The Morgan fingerprint density at radius 3 is 2.69 bits per heavy atom. The van der Waals surface area contributed by atoms with Gasteiger partial charge >= 0.3 is 0 Å². The molecule has 2 aromatic carbocycles. The first-order chi connectivity index (χ1) is 17.7. The topological polar surface area (TPSA) is 80.3 Å². The second-order valence-electron chi connectivity index (χ2n) is 7.84. The third-order valence-corrected chi connectivity index (χ3v) is 6.22. The van der Waals surface area contributed by atoms with Gasteiger partial charge in [0.2, 0.25) is 0 Å². The molecular formula is C28H22N4O3S. The standard InChI is InChI=1S/C28H22N4O3S/c33-27-26(16-22-9-4-11-24(15-22)35-20-21-7-2-1-3-8-21)36-28(32(27)19-25-12-6-14-34-25)31-30-18-23-10-5-13-29-17-23/h1-18H,19-20H2/b26-16-,30-18-,31-28+. The smallest absolute Gasteiger partial charge is 0.267 e. The van der Waals surface area contributed by atoms with E-state index in [4.69, 9.17) is 9.15 Å². The van der Waals surface area contributed by atoms with Gasteiger partial charge in [-0.15, -0.1) is 5.10 Å². The fourth-order valence-electron chi connectivity index (χ4n) is 3.46. The molecule has 0 aliphatic carbocycles. The van der Waals surface area contributed by atoms with E-state index in [-0.39, 0.29) is 12.5 Å². The van der Waals surface area contributed by atoms with Crippen LogP contribution in [0.25, 0.3) is 6.08 Å². The SMILES string of the molecule is O=C1/C(=C/c2cccc(OCc3ccccc3)c2)S/C(=N/N=C\c2cccnc2)N1Cc1ccco1. The highest BCUT2D eigenvalue weighted by Gasteiger charge is 2.34. The fraction of sp³-hybridized carbons (Fsp3) is 0.0714. The number of benzene rings is 2. The second-order valence-corrected chi connectivity index (χ2v) is 8.85. The van der Waals surface area contributed by atoms with Crippen LogP contribution in [0.4, 0.5) is 0 Å². The van der Waals surface area contributed by atoms with Gasteiger partial charge in [-0.25, -0.2) is 0 Å². The molecule has 0 unspecified atom stereocenters. The van der Waals surface area contributed by atoms with Gasteiger partial charge in [-0.05, 0) is 59.3 Å². The maximum absolute atomic E-state index is 13.3. The highest BCUT2D eigenvalue weighted by molar-refractivity contribution is 8.18. The van der Waals surface area contributed by atoms with Crippen molar-refractivity contribution in [3.8, 4) is 5.75 Å². The van der Waals surface area contributed by atoms with Crippen molar-refractivity contribution < 1.29 is 13.9 Å². The molecule has 1 amide bonds. The van der Waals surface area contributed by atoms with Crippen molar-refractivity contribution in [2.75, 3.05) is 0 Å². The molecule has 3 heterocycles. The molecule has 4 aromatic rings. The van der Waals surface area contributed by atoms with Gasteiger partial charge in [-0.2, -0.15) is 5.10 Å². The molecule has 0 spiro atoms. The average Bonchev–Trinajstić information content (AvgIpc) is 3.53. The quantitative estimate of drug-likeness (QED) is 0.177. The molecule has 2 aromatic heterocycles. The van der Waals surface area contributed by atoms with Crippen molar-refractivity contribution in [3.63, 3.8) is 0 Å². The number of ether oxygens (including phenoxy) is 1. The van der Waals surface area contributed by atoms with E-state index >= 15 is 0 Å². The predicted molar refractivity (Wildman–Crippen MR) is 141 cm³/mol. The summed E-state index contributed by atoms with van der Waals surface area (Å²) in [5, 5.41) is 8.97. The largest absolute Gasteiger partial charge is 0.489 e. The summed E-state index contributed by atoms with van der Waals surface area (Å²) in [6.45, 7) is 0.731. The van der Waals surface area contributed by atoms with Crippen molar-refractivity contribution in [2.24, 2.45) is 10.2 Å². The van der Waals surface area contributed by atoms with Gasteiger partial charge in [0.15, 0.2) is 5.17 Å². The maximum atomic E-state index is 13.3. The van der Waals surface area contributed by atoms with E-state index < -0.39 is 0 Å². The number of thioether (sulfide) groups is 1. The number of amidine groups is 1. The lowest BCUT2D eigenvalue weighted by Gasteiger charge is -2.12. The van der Waals surface area contributed by atoms with E-state index in [2.05, 4.69) is 15.2 Å². The van der Waals surface area contributed by atoms with Crippen LogP contribution in [-0.4, -0.2) is 27.2 Å². The number of aromatic nitrogens is 1. The van der Waals surface area contributed by atoms with Crippen LogP contribution in [0.1, 0.15) is 22.5 Å². The van der Waals surface area contributed by atoms with Crippen molar-refractivity contribution in [2.45, 2.75) is 13.2 Å². The number of carbonyl (C=O) groups excluding carboxylic acids is 1. The van der Waals surface area contributed by atoms with Crippen LogP contribution in [-0.2, 0) is 17.9 Å². The van der Waals surface area contributed by atoms with Crippen LogP contribution in [0.2, 0.25) is 0 Å². The first-order valence-corrected chi connectivity index (χ1v) is 12.1. The Morgan fingerprint density at radius 2 is 1.89 bits per heavy atom. The normalized spacial score (nSPS) is 15.9. The summed E-state index contributed by atoms with van der Waals surface area (Å²) < 4.78 is 11.4. The molecule has 1 aliphatic heterocycles. The zero-order chi connectivity index (χ0) is 24.6. The van der Waals surface area contributed by atoms with Crippen LogP contribution in [0.3, 0.4) is 0 Å². The molecule has 7 nitrogen and oxygen atoms in total. The first-order valence-electron chi connectivity index (χ1n) is 11.3. The van der Waals surface area contributed by atoms with Crippen molar-refractivity contribution in [1.29, 1.82) is 0 Å². The van der Waals surface area contributed by atoms with E-state index in [0.29, 0.717) is 22.4 Å². The van der Waals surface area contributed by atoms with E-state index in [1.807, 2.05) is 78.9 Å².